The molecule has 2 aliphatic rings. The molecule has 2 N–H and O–H groups in total. The van der Waals surface area contributed by atoms with E-state index in [-0.39, 0.29) is 5.43 Å². The van der Waals surface area contributed by atoms with E-state index in [0.717, 1.165) is 11.0 Å². The molecule has 18 heavy (non-hydrogen) atoms. The van der Waals surface area contributed by atoms with Crippen LogP contribution in [0.15, 0.2) is 41.5 Å². The van der Waals surface area contributed by atoms with Gasteiger partial charge in [0.1, 0.15) is 16.4 Å². The first-order chi connectivity index (χ1) is 8.84. The predicted octanol–water partition coefficient (Wildman–Crippen LogP) is 1.52. The van der Waals surface area contributed by atoms with Crippen molar-refractivity contribution in [1.29, 1.82) is 0 Å². The quantitative estimate of drug-likeness (QED) is 0.486. The molecule has 1 aliphatic heterocycles. The number of aromatic nitrogens is 4. The molecule has 1 aromatic heterocycles. The lowest BCUT2D eigenvalue weighted by Gasteiger charge is -1.95. The Balaban J connectivity index is 2.40. The minimum absolute atomic E-state index is 0.116. The molecule has 4 rings (SSSR count). The minimum atomic E-state index is -0.116. The van der Waals surface area contributed by atoms with Gasteiger partial charge in [-0.25, -0.2) is 9.97 Å². The Hall–Kier alpha value is -2.69. The van der Waals surface area contributed by atoms with Gasteiger partial charge in [-0.3, -0.25) is 4.79 Å². The van der Waals surface area contributed by atoms with Crippen LogP contribution in [0.5, 0.6) is 0 Å². The van der Waals surface area contributed by atoms with Crippen LogP contribution in [0.25, 0.3) is 22.1 Å². The molecule has 0 saturated heterocycles. The lowest BCUT2D eigenvalue weighted by Crippen LogP contribution is -2.01. The number of nitrogens with one attached hydrogen (secondary N) is 2. The fourth-order valence-corrected chi connectivity index (χ4v) is 2.21. The fourth-order valence-electron chi connectivity index (χ4n) is 2.21. The average Bonchev–Trinajstić information content (AvgIpc) is 2.71. The third-order valence-electron chi connectivity index (χ3n) is 3.04. The van der Waals surface area contributed by atoms with E-state index in [4.69, 9.17) is 0 Å². The zero-order valence-corrected chi connectivity index (χ0v) is 9.27. The van der Waals surface area contributed by atoms with Crippen molar-refractivity contribution < 1.29 is 0 Å². The van der Waals surface area contributed by atoms with E-state index in [0.29, 0.717) is 21.7 Å². The van der Waals surface area contributed by atoms with Crippen molar-refractivity contribution in [2.45, 2.75) is 0 Å². The van der Waals surface area contributed by atoms with Gasteiger partial charge in [-0.1, -0.05) is 12.1 Å². The summed E-state index contributed by atoms with van der Waals surface area (Å²) in [5.74, 6) is 0. The molecule has 5 nitrogen and oxygen atoms in total. The molecule has 0 fully saturated rings. The molecule has 2 aromatic rings. The van der Waals surface area contributed by atoms with Gasteiger partial charge in [-0.2, -0.15) is 0 Å². The molecule has 0 bridgehead atoms. The summed E-state index contributed by atoms with van der Waals surface area (Å²) >= 11 is 0. The van der Waals surface area contributed by atoms with Crippen LogP contribution in [0, 0.1) is 10.7 Å². The number of rotatable bonds is 0. The van der Waals surface area contributed by atoms with Gasteiger partial charge in [-0.05, 0) is 12.1 Å². The monoisotopic (exact) mass is 236 g/mol. The molecule has 1 aliphatic carbocycles. The number of hydrogen-bond donors (Lipinski definition) is 2. The molecule has 0 spiro atoms. The fraction of sp³-hybridized carbons (Fsp3) is 0. The van der Waals surface area contributed by atoms with Crippen molar-refractivity contribution in [3.63, 3.8) is 0 Å². The maximum absolute atomic E-state index is 12.2. The van der Waals surface area contributed by atoms with Gasteiger partial charge in [0.15, 0.2) is 0 Å². The number of fused-ring (bicyclic) bond motifs is 3. The Morgan fingerprint density at radius 1 is 0.833 bits per heavy atom. The summed E-state index contributed by atoms with van der Waals surface area (Å²) in [5.41, 5.74) is 2.43. The zero-order chi connectivity index (χ0) is 12.1. The second kappa shape index (κ2) is 3.16. The summed E-state index contributed by atoms with van der Waals surface area (Å²) in [6.45, 7) is 0. The number of aromatic amines is 2. The minimum Gasteiger partial charge on any atom is -0.357 e. The number of H-pyrrole nitrogens is 2. The van der Waals surface area contributed by atoms with Crippen LogP contribution in [0.2, 0.25) is 0 Å². The van der Waals surface area contributed by atoms with Crippen LogP contribution in [-0.4, -0.2) is 19.9 Å². The number of para-hydroxylation sites is 2. The maximum atomic E-state index is 12.2. The molecule has 2 heterocycles. The first kappa shape index (κ1) is 9.35. The Bertz CT molecular complexity index is 999. The first-order valence-electron chi connectivity index (χ1n) is 5.59. The average molecular weight is 236 g/mol. The summed E-state index contributed by atoms with van der Waals surface area (Å²) in [6, 6.07) is 7.53. The van der Waals surface area contributed by atoms with Crippen molar-refractivity contribution in [1.82, 2.24) is 19.9 Å². The van der Waals surface area contributed by atoms with E-state index in [9.17, 15) is 4.79 Å². The molecule has 0 amide bonds. The molecular formula is C13H8N4O. The summed E-state index contributed by atoms with van der Waals surface area (Å²) in [4.78, 5) is 27.1. The number of nitrogens with zero attached hydrogens (tertiary/aromatic N) is 2. The van der Waals surface area contributed by atoms with Crippen molar-refractivity contribution >= 4 is 22.1 Å². The SMILES string of the molecule is O=c1c2[nH]cc[nH]c=2c2nc3ccccc3nc12. The predicted molar refractivity (Wildman–Crippen MR) is 67.3 cm³/mol. The molecule has 86 valence electrons. The van der Waals surface area contributed by atoms with Crippen LogP contribution in [0.3, 0.4) is 0 Å². The second-order valence-corrected chi connectivity index (χ2v) is 4.11. The third kappa shape index (κ3) is 1.08. The van der Waals surface area contributed by atoms with Gasteiger partial charge < -0.3 is 9.97 Å². The molecule has 0 unspecified atom stereocenters. The van der Waals surface area contributed by atoms with E-state index >= 15 is 0 Å². The standard InChI is InChI=1S/C13H8N4O/c18-13-11-9(14-5-6-15-11)10-12(13)17-8-4-2-1-3-7(8)16-10/h1-6,14-15H. The van der Waals surface area contributed by atoms with Crippen LogP contribution in [0.1, 0.15) is 0 Å². The summed E-state index contributed by atoms with van der Waals surface area (Å²) in [6.07, 6.45) is 3.42. The Kier molecular flexibility index (Phi) is 1.64. The molecule has 5 heteroatoms. The molecule has 0 radical (unpaired) electrons. The van der Waals surface area contributed by atoms with E-state index in [2.05, 4.69) is 19.9 Å². The Morgan fingerprint density at radius 2 is 1.44 bits per heavy atom. The lowest BCUT2D eigenvalue weighted by molar-refractivity contribution is 1.12. The Labute approximate surface area is 100 Å². The van der Waals surface area contributed by atoms with Gasteiger partial charge in [0.05, 0.1) is 16.4 Å². The smallest absolute Gasteiger partial charge is 0.232 e. The normalized spacial score (nSPS) is 11.6. The van der Waals surface area contributed by atoms with E-state index in [1.807, 2.05) is 24.3 Å². The summed E-state index contributed by atoms with van der Waals surface area (Å²) in [7, 11) is 0. The van der Waals surface area contributed by atoms with Gasteiger partial charge in [-0.15, -0.1) is 0 Å². The highest BCUT2D eigenvalue weighted by Gasteiger charge is 2.11. The van der Waals surface area contributed by atoms with Gasteiger partial charge in [0.25, 0.3) is 0 Å². The van der Waals surface area contributed by atoms with Crippen molar-refractivity contribution in [3.05, 3.63) is 57.6 Å². The van der Waals surface area contributed by atoms with Crippen molar-refractivity contribution in [2.24, 2.45) is 0 Å². The highest BCUT2D eigenvalue weighted by molar-refractivity contribution is 5.86. The molecule has 1 aromatic carbocycles. The zero-order valence-electron chi connectivity index (χ0n) is 9.27. The van der Waals surface area contributed by atoms with Crippen LogP contribution < -0.4 is 5.43 Å². The molecule has 0 saturated carbocycles. The highest BCUT2D eigenvalue weighted by Crippen LogP contribution is 2.14. The first-order valence-corrected chi connectivity index (χ1v) is 5.59. The van der Waals surface area contributed by atoms with Gasteiger partial charge in [0.2, 0.25) is 5.43 Å². The Morgan fingerprint density at radius 3 is 2.17 bits per heavy atom. The van der Waals surface area contributed by atoms with Crippen LogP contribution in [-0.2, 0) is 0 Å². The number of benzene rings is 1. The number of hydrogen-bond acceptors (Lipinski definition) is 3. The van der Waals surface area contributed by atoms with Gasteiger partial charge >= 0.3 is 0 Å². The van der Waals surface area contributed by atoms with Crippen molar-refractivity contribution in [3.8, 4) is 0 Å². The summed E-state index contributed by atoms with van der Waals surface area (Å²) < 4.78 is 0. The van der Waals surface area contributed by atoms with Crippen LogP contribution >= 0.6 is 0 Å². The third-order valence-corrected chi connectivity index (χ3v) is 3.04. The molecular weight excluding hydrogens is 228 g/mol. The van der Waals surface area contributed by atoms with E-state index in [1.54, 1.807) is 12.4 Å². The maximum Gasteiger partial charge on any atom is 0.232 e. The molecule has 0 atom stereocenters. The lowest BCUT2D eigenvalue weighted by atomic mass is 10.3. The van der Waals surface area contributed by atoms with E-state index in [1.165, 1.54) is 0 Å². The van der Waals surface area contributed by atoms with Crippen molar-refractivity contribution in [2.75, 3.05) is 0 Å². The second-order valence-electron chi connectivity index (χ2n) is 4.11. The van der Waals surface area contributed by atoms with Crippen LogP contribution in [0.4, 0.5) is 0 Å². The summed E-state index contributed by atoms with van der Waals surface area (Å²) in [5, 5.41) is 1.22. The largest absolute Gasteiger partial charge is 0.357 e. The van der Waals surface area contributed by atoms with Gasteiger partial charge in [0, 0.05) is 12.4 Å². The van der Waals surface area contributed by atoms with E-state index < -0.39 is 0 Å². The highest BCUT2D eigenvalue weighted by atomic mass is 16.1. The topological polar surface area (TPSA) is 74.4 Å².